The minimum Gasteiger partial charge on any atom is -0.300 e. The molecular weight excluding hydrogens is 263 g/mol. The second-order valence-corrected chi connectivity index (χ2v) is 4.48. The molecular formula is C15H10ClFN2. The quantitative estimate of drug-likeness (QED) is 0.679. The Bertz CT molecular complexity index is 704. The predicted molar refractivity (Wildman–Crippen MR) is 74.0 cm³/mol. The van der Waals surface area contributed by atoms with Crippen molar-refractivity contribution in [2.45, 2.75) is 0 Å². The zero-order valence-corrected chi connectivity index (χ0v) is 10.7. The summed E-state index contributed by atoms with van der Waals surface area (Å²) in [7, 11) is 0. The fraction of sp³-hybridized carbons (Fsp3) is 0. The van der Waals surface area contributed by atoms with E-state index in [0.29, 0.717) is 5.02 Å². The van der Waals surface area contributed by atoms with Gasteiger partial charge in [-0.15, -0.1) is 0 Å². The van der Waals surface area contributed by atoms with Crippen LogP contribution in [0.25, 0.3) is 17.1 Å². The van der Waals surface area contributed by atoms with Crippen molar-refractivity contribution in [3.8, 4) is 17.1 Å². The molecule has 0 saturated carbocycles. The largest absolute Gasteiger partial charge is 0.300 e. The molecule has 19 heavy (non-hydrogen) atoms. The van der Waals surface area contributed by atoms with Crippen LogP contribution < -0.4 is 0 Å². The molecule has 1 heterocycles. The first-order chi connectivity index (χ1) is 9.25. The van der Waals surface area contributed by atoms with Gasteiger partial charge in [-0.2, -0.15) is 0 Å². The first kappa shape index (κ1) is 11.9. The monoisotopic (exact) mass is 272 g/mol. The van der Waals surface area contributed by atoms with E-state index in [1.165, 1.54) is 12.1 Å². The molecule has 0 aliphatic rings. The van der Waals surface area contributed by atoms with Crippen LogP contribution in [0.3, 0.4) is 0 Å². The Morgan fingerprint density at radius 3 is 2.47 bits per heavy atom. The lowest BCUT2D eigenvalue weighted by Crippen LogP contribution is -1.96. The van der Waals surface area contributed by atoms with Crippen molar-refractivity contribution in [1.29, 1.82) is 0 Å². The Hall–Kier alpha value is -2.13. The van der Waals surface area contributed by atoms with Crippen molar-refractivity contribution >= 4 is 11.6 Å². The summed E-state index contributed by atoms with van der Waals surface area (Å²) >= 11 is 6.19. The van der Waals surface area contributed by atoms with E-state index >= 15 is 0 Å². The average molecular weight is 273 g/mol. The summed E-state index contributed by atoms with van der Waals surface area (Å²) in [5, 5.41) is 0.636. The summed E-state index contributed by atoms with van der Waals surface area (Å²) in [5.41, 5.74) is 1.69. The van der Waals surface area contributed by atoms with Gasteiger partial charge in [-0.25, -0.2) is 9.37 Å². The van der Waals surface area contributed by atoms with Crippen molar-refractivity contribution in [1.82, 2.24) is 9.55 Å². The highest BCUT2D eigenvalue weighted by Gasteiger charge is 2.10. The van der Waals surface area contributed by atoms with E-state index in [9.17, 15) is 4.39 Å². The van der Waals surface area contributed by atoms with Crippen LogP contribution in [0.1, 0.15) is 0 Å². The van der Waals surface area contributed by atoms with Crippen molar-refractivity contribution in [3.05, 3.63) is 71.8 Å². The van der Waals surface area contributed by atoms with Crippen molar-refractivity contribution in [2.24, 2.45) is 0 Å². The highest BCUT2D eigenvalue weighted by molar-refractivity contribution is 6.33. The summed E-state index contributed by atoms with van der Waals surface area (Å²) in [5.74, 6) is 0.473. The molecule has 0 radical (unpaired) electrons. The number of imidazole rings is 1. The van der Waals surface area contributed by atoms with Crippen molar-refractivity contribution in [2.75, 3.05) is 0 Å². The summed E-state index contributed by atoms with van der Waals surface area (Å²) < 4.78 is 14.8. The minimum atomic E-state index is -0.261. The summed E-state index contributed by atoms with van der Waals surface area (Å²) in [6.45, 7) is 0. The molecule has 0 amide bonds. The van der Waals surface area contributed by atoms with E-state index in [0.717, 1.165) is 17.1 Å². The lowest BCUT2D eigenvalue weighted by molar-refractivity contribution is 0.627. The normalized spacial score (nSPS) is 10.6. The molecule has 1 aromatic heterocycles. The number of halogens is 2. The van der Waals surface area contributed by atoms with Crippen LogP contribution in [-0.2, 0) is 0 Å². The van der Waals surface area contributed by atoms with Crippen LogP contribution in [0.15, 0.2) is 60.9 Å². The average Bonchev–Trinajstić information content (AvgIpc) is 2.89. The molecule has 0 aliphatic carbocycles. The number of benzene rings is 2. The topological polar surface area (TPSA) is 17.8 Å². The Morgan fingerprint density at radius 1 is 1.00 bits per heavy atom. The molecule has 0 unspecified atom stereocenters. The van der Waals surface area contributed by atoms with E-state index in [1.54, 1.807) is 18.3 Å². The Morgan fingerprint density at radius 2 is 1.74 bits per heavy atom. The fourth-order valence-corrected chi connectivity index (χ4v) is 2.18. The highest BCUT2D eigenvalue weighted by Crippen LogP contribution is 2.28. The molecule has 3 aromatic rings. The van der Waals surface area contributed by atoms with Gasteiger partial charge in [0.25, 0.3) is 0 Å². The van der Waals surface area contributed by atoms with Crippen LogP contribution in [-0.4, -0.2) is 9.55 Å². The van der Waals surface area contributed by atoms with Gasteiger partial charge in [0.05, 0.1) is 5.02 Å². The number of hydrogen-bond donors (Lipinski definition) is 0. The third-order valence-electron chi connectivity index (χ3n) is 2.86. The van der Waals surface area contributed by atoms with Crippen LogP contribution in [0.2, 0.25) is 5.02 Å². The van der Waals surface area contributed by atoms with Gasteiger partial charge in [-0.05, 0) is 36.4 Å². The van der Waals surface area contributed by atoms with E-state index in [2.05, 4.69) is 4.98 Å². The first-order valence-corrected chi connectivity index (χ1v) is 6.18. The molecule has 0 N–H and O–H groups in total. The number of aromatic nitrogens is 2. The van der Waals surface area contributed by atoms with Crippen molar-refractivity contribution in [3.63, 3.8) is 0 Å². The van der Waals surface area contributed by atoms with E-state index in [4.69, 9.17) is 11.6 Å². The van der Waals surface area contributed by atoms with Gasteiger partial charge < -0.3 is 0 Å². The fourth-order valence-electron chi connectivity index (χ4n) is 1.96. The lowest BCUT2D eigenvalue weighted by Gasteiger charge is -2.09. The van der Waals surface area contributed by atoms with E-state index in [1.807, 2.05) is 35.0 Å². The first-order valence-electron chi connectivity index (χ1n) is 5.80. The maximum Gasteiger partial charge on any atom is 0.145 e. The summed E-state index contributed by atoms with van der Waals surface area (Å²) in [4.78, 5) is 4.33. The number of rotatable bonds is 2. The number of hydrogen-bond acceptors (Lipinski definition) is 1. The van der Waals surface area contributed by atoms with Crippen LogP contribution in [0, 0.1) is 5.82 Å². The Labute approximate surface area is 115 Å². The third kappa shape index (κ3) is 2.25. The smallest absolute Gasteiger partial charge is 0.145 e. The van der Waals surface area contributed by atoms with Crippen molar-refractivity contribution < 1.29 is 4.39 Å². The molecule has 0 aliphatic heterocycles. The highest BCUT2D eigenvalue weighted by atomic mass is 35.5. The second kappa shape index (κ2) is 4.86. The second-order valence-electron chi connectivity index (χ2n) is 4.08. The molecule has 94 valence electrons. The molecule has 0 saturated heterocycles. The molecule has 2 aromatic carbocycles. The van der Waals surface area contributed by atoms with E-state index in [-0.39, 0.29) is 5.82 Å². The van der Waals surface area contributed by atoms with Gasteiger partial charge in [-0.3, -0.25) is 4.57 Å². The molecule has 2 nitrogen and oxygen atoms in total. The van der Waals surface area contributed by atoms with Gasteiger partial charge in [0.2, 0.25) is 0 Å². The molecule has 4 heteroatoms. The zero-order valence-electron chi connectivity index (χ0n) is 9.92. The van der Waals surface area contributed by atoms with Gasteiger partial charge >= 0.3 is 0 Å². The number of nitrogens with zero attached hydrogens (tertiary/aromatic N) is 2. The zero-order chi connectivity index (χ0) is 13.2. The van der Waals surface area contributed by atoms with Gasteiger partial charge in [0, 0.05) is 23.6 Å². The molecule has 0 fully saturated rings. The predicted octanol–water partition coefficient (Wildman–Crippen LogP) is 4.33. The maximum absolute atomic E-state index is 13.0. The molecule has 0 atom stereocenters. The lowest BCUT2D eigenvalue weighted by atomic mass is 10.2. The standard InChI is InChI=1S/C15H10ClFN2/c16-14-4-2-1-3-13(14)15-18-9-10-19(15)12-7-5-11(17)6-8-12/h1-10H. The SMILES string of the molecule is Fc1ccc(-n2ccnc2-c2ccccc2Cl)cc1. The summed E-state index contributed by atoms with van der Waals surface area (Å²) in [6, 6.07) is 13.8. The van der Waals surface area contributed by atoms with Crippen LogP contribution in [0.5, 0.6) is 0 Å². The minimum absolute atomic E-state index is 0.261. The molecule has 0 bridgehead atoms. The molecule has 3 rings (SSSR count). The maximum atomic E-state index is 13.0. The molecule has 0 spiro atoms. The van der Waals surface area contributed by atoms with Gasteiger partial charge in [0.1, 0.15) is 11.6 Å². The third-order valence-corrected chi connectivity index (χ3v) is 3.19. The Balaban J connectivity index is 2.13. The summed E-state index contributed by atoms with van der Waals surface area (Å²) in [6.07, 6.45) is 3.52. The Kier molecular flexibility index (Phi) is 3.05. The van der Waals surface area contributed by atoms with Crippen LogP contribution in [0.4, 0.5) is 4.39 Å². The van der Waals surface area contributed by atoms with E-state index < -0.39 is 0 Å². The van der Waals surface area contributed by atoms with Gasteiger partial charge in [0.15, 0.2) is 0 Å². The van der Waals surface area contributed by atoms with Gasteiger partial charge in [-0.1, -0.05) is 23.7 Å². The van der Waals surface area contributed by atoms with Crippen LogP contribution >= 0.6 is 11.6 Å².